The molecule has 0 aliphatic heterocycles. The van der Waals surface area contributed by atoms with Crippen molar-refractivity contribution in [3.8, 4) is 0 Å². The quantitative estimate of drug-likeness (QED) is 0.627. The smallest absolute Gasteiger partial charge is 0.0662 e. The summed E-state index contributed by atoms with van der Waals surface area (Å²) in [7, 11) is 0. The molecule has 0 spiro atoms. The maximum atomic E-state index is 8.07. The molecule has 0 atom stereocenters. The second-order valence-electron chi connectivity index (χ2n) is 2.31. The minimum Gasteiger partial charge on any atom is -0.396 e. The fourth-order valence-electron chi connectivity index (χ4n) is 0.362. The molecule has 0 aliphatic rings. The fourth-order valence-corrected chi connectivity index (χ4v) is 0.362. The minimum atomic E-state index is -0.125. The van der Waals surface area contributed by atoms with Gasteiger partial charge in [0.05, 0.1) is 13.2 Å². The van der Waals surface area contributed by atoms with Crippen LogP contribution in [0.15, 0.2) is 0 Å². The normalized spacial score (nSPS) is 8.14. The van der Waals surface area contributed by atoms with Crippen molar-refractivity contribution in [1.82, 2.24) is 0 Å². The minimum absolute atomic E-state index is 0.125. The van der Waals surface area contributed by atoms with Gasteiger partial charge in [-0.15, -0.1) is 0 Å². The summed E-state index contributed by atoms with van der Waals surface area (Å²) in [5.41, 5.74) is 0. The number of hydrogen-bond donors (Lipinski definition) is 3. The van der Waals surface area contributed by atoms with Crippen LogP contribution in [-0.4, -0.2) is 48.4 Å². The Morgan fingerprint density at radius 2 is 1.21 bits per heavy atom. The number of ether oxygens (including phenoxy) is 1. The molecule has 0 aliphatic carbocycles. The average molecular weight is 210 g/mol. The van der Waals surface area contributed by atoms with Gasteiger partial charge in [-0.05, 0) is 20.3 Å². The van der Waals surface area contributed by atoms with Gasteiger partial charge in [-0.25, -0.2) is 0 Å². The zero-order valence-electron chi connectivity index (χ0n) is 9.70. The van der Waals surface area contributed by atoms with Gasteiger partial charge in [0.1, 0.15) is 0 Å². The molecule has 14 heavy (non-hydrogen) atoms. The van der Waals surface area contributed by atoms with Crippen molar-refractivity contribution in [3.05, 3.63) is 0 Å². The van der Waals surface area contributed by atoms with Crippen molar-refractivity contribution in [2.24, 2.45) is 0 Å². The van der Waals surface area contributed by atoms with Crippen LogP contribution in [0.4, 0.5) is 0 Å². The molecule has 4 heteroatoms. The van der Waals surface area contributed by atoms with Crippen LogP contribution in [0.1, 0.15) is 33.6 Å². The summed E-state index contributed by atoms with van der Waals surface area (Å²) in [6.45, 7) is 7.81. The van der Waals surface area contributed by atoms with E-state index < -0.39 is 0 Å². The zero-order chi connectivity index (χ0) is 11.7. The van der Waals surface area contributed by atoms with Gasteiger partial charge in [0, 0.05) is 19.8 Å². The maximum absolute atomic E-state index is 8.07. The van der Waals surface area contributed by atoms with E-state index in [9.17, 15) is 0 Å². The van der Waals surface area contributed by atoms with Crippen molar-refractivity contribution < 1.29 is 20.1 Å². The molecular formula is C10H26O4. The summed E-state index contributed by atoms with van der Waals surface area (Å²) in [6.07, 6.45) is 2.04. The van der Waals surface area contributed by atoms with Gasteiger partial charge in [0.15, 0.2) is 0 Å². The van der Waals surface area contributed by atoms with Gasteiger partial charge in [-0.1, -0.05) is 13.3 Å². The molecular weight excluding hydrogens is 184 g/mol. The Kier molecular flexibility index (Phi) is 40.6. The van der Waals surface area contributed by atoms with Gasteiger partial charge in [0.25, 0.3) is 0 Å². The number of rotatable bonds is 5. The first kappa shape index (κ1) is 19.4. The Hall–Kier alpha value is -0.160. The fraction of sp³-hybridized carbons (Fsp3) is 1.00. The van der Waals surface area contributed by atoms with E-state index in [2.05, 4.69) is 6.92 Å². The topological polar surface area (TPSA) is 69.9 Å². The molecule has 0 amide bonds. The van der Waals surface area contributed by atoms with Crippen LogP contribution in [0.3, 0.4) is 0 Å². The summed E-state index contributed by atoms with van der Waals surface area (Å²) in [6, 6.07) is 0. The van der Waals surface area contributed by atoms with E-state index in [4.69, 9.17) is 20.1 Å². The van der Waals surface area contributed by atoms with Crippen molar-refractivity contribution in [1.29, 1.82) is 0 Å². The Balaban J connectivity index is -0.000000131. The molecule has 3 N–H and O–H groups in total. The second-order valence-corrected chi connectivity index (χ2v) is 2.31. The lowest BCUT2D eigenvalue weighted by molar-refractivity contribution is 0.162. The van der Waals surface area contributed by atoms with Crippen LogP contribution in [-0.2, 0) is 4.74 Å². The van der Waals surface area contributed by atoms with E-state index in [1.54, 1.807) is 0 Å². The van der Waals surface area contributed by atoms with Crippen LogP contribution in [0.2, 0.25) is 0 Å². The summed E-state index contributed by atoms with van der Waals surface area (Å²) in [4.78, 5) is 0. The highest BCUT2D eigenvalue weighted by atomic mass is 16.5. The predicted molar refractivity (Wildman–Crippen MR) is 58.3 cm³/mol. The lowest BCUT2D eigenvalue weighted by Crippen LogP contribution is -1.85. The van der Waals surface area contributed by atoms with Gasteiger partial charge in [-0.3, -0.25) is 0 Å². The number of aliphatic hydroxyl groups excluding tert-OH is 3. The highest BCUT2D eigenvalue weighted by molar-refractivity contribution is 4.23. The van der Waals surface area contributed by atoms with Crippen LogP contribution in [0.5, 0.6) is 0 Å². The first-order chi connectivity index (χ1) is 6.74. The molecule has 4 nitrogen and oxygen atoms in total. The highest BCUT2D eigenvalue weighted by Crippen LogP contribution is 1.78. The maximum Gasteiger partial charge on any atom is 0.0662 e. The molecule has 90 valence electrons. The van der Waals surface area contributed by atoms with Gasteiger partial charge >= 0.3 is 0 Å². The summed E-state index contributed by atoms with van der Waals surface area (Å²) < 4.78 is 4.83. The predicted octanol–water partition coefficient (Wildman–Crippen LogP) is 0.793. The van der Waals surface area contributed by atoms with E-state index in [1.807, 2.05) is 13.8 Å². The number of aliphatic hydroxyl groups is 3. The molecule has 0 aromatic carbocycles. The van der Waals surface area contributed by atoms with E-state index in [-0.39, 0.29) is 13.2 Å². The SMILES string of the molecule is CCCCO.CCOCC.OCCO. The average Bonchev–Trinajstić information content (AvgIpc) is 2.22. The third kappa shape index (κ3) is 59.4. The summed E-state index contributed by atoms with van der Waals surface area (Å²) in [5.74, 6) is 0. The van der Waals surface area contributed by atoms with E-state index in [0.717, 1.165) is 26.1 Å². The van der Waals surface area contributed by atoms with Gasteiger partial charge < -0.3 is 20.1 Å². The van der Waals surface area contributed by atoms with Crippen LogP contribution < -0.4 is 0 Å². The molecule has 0 fully saturated rings. The zero-order valence-corrected chi connectivity index (χ0v) is 9.70. The largest absolute Gasteiger partial charge is 0.396 e. The highest BCUT2D eigenvalue weighted by Gasteiger charge is 1.69. The molecule has 0 saturated heterocycles. The molecule has 0 unspecified atom stereocenters. The molecule has 0 aromatic heterocycles. The first-order valence-corrected chi connectivity index (χ1v) is 5.15. The monoisotopic (exact) mass is 210 g/mol. The van der Waals surface area contributed by atoms with Crippen LogP contribution >= 0.6 is 0 Å². The lowest BCUT2D eigenvalue weighted by atomic mass is 10.4. The van der Waals surface area contributed by atoms with Gasteiger partial charge in [-0.2, -0.15) is 0 Å². The van der Waals surface area contributed by atoms with Crippen molar-refractivity contribution >= 4 is 0 Å². The van der Waals surface area contributed by atoms with E-state index in [1.165, 1.54) is 0 Å². The lowest BCUT2D eigenvalue weighted by Gasteiger charge is -1.86. The molecule has 0 bridgehead atoms. The third-order valence-corrected chi connectivity index (χ3v) is 1.02. The van der Waals surface area contributed by atoms with E-state index in [0.29, 0.717) is 6.61 Å². The Morgan fingerprint density at radius 1 is 0.786 bits per heavy atom. The van der Waals surface area contributed by atoms with Crippen LogP contribution in [0, 0.1) is 0 Å². The molecule has 0 aromatic rings. The molecule has 0 rings (SSSR count). The number of unbranched alkanes of at least 4 members (excludes halogenated alkanes) is 1. The van der Waals surface area contributed by atoms with Crippen LogP contribution in [0.25, 0.3) is 0 Å². The Morgan fingerprint density at radius 3 is 1.21 bits per heavy atom. The molecule has 0 saturated carbocycles. The second kappa shape index (κ2) is 29.3. The standard InChI is InChI=1S/2C4H10O.C2H6O2/c1-3-5-4-2;1-2-3-4-5;3-1-2-4/h3-4H2,1-2H3;5H,2-4H2,1H3;3-4H,1-2H2. The molecule has 0 radical (unpaired) electrons. The van der Waals surface area contributed by atoms with Crippen molar-refractivity contribution in [2.45, 2.75) is 33.6 Å². The van der Waals surface area contributed by atoms with Crippen molar-refractivity contribution in [3.63, 3.8) is 0 Å². The van der Waals surface area contributed by atoms with Gasteiger partial charge in [0.2, 0.25) is 0 Å². The summed E-state index contributed by atoms with van der Waals surface area (Å²) >= 11 is 0. The molecule has 0 heterocycles. The van der Waals surface area contributed by atoms with E-state index >= 15 is 0 Å². The summed E-state index contributed by atoms with van der Waals surface area (Å²) in [5, 5.41) is 23.3. The van der Waals surface area contributed by atoms with Crippen molar-refractivity contribution in [2.75, 3.05) is 33.0 Å². The Labute approximate surface area is 87.5 Å². The first-order valence-electron chi connectivity index (χ1n) is 5.15. The Bertz CT molecular complexity index is 48.1. The number of hydrogen-bond acceptors (Lipinski definition) is 4. The third-order valence-electron chi connectivity index (χ3n) is 1.02.